The van der Waals surface area contributed by atoms with E-state index in [4.69, 9.17) is 18.9 Å². The van der Waals surface area contributed by atoms with Gasteiger partial charge in [-0.1, -0.05) is 30.3 Å². The molecule has 0 aliphatic rings. The highest BCUT2D eigenvalue weighted by Gasteiger charge is 2.27. The van der Waals surface area contributed by atoms with E-state index in [-0.39, 0.29) is 18.0 Å². The summed E-state index contributed by atoms with van der Waals surface area (Å²) in [5.74, 6) is 2.33. The summed E-state index contributed by atoms with van der Waals surface area (Å²) in [5.41, 5.74) is 1.42. The van der Waals surface area contributed by atoms with Crippen LogP contribution >= 0.6 is 0 Å². The molecule has 0 unspecified atom stereocenters. The SMILES string of the molecule is COc1ccc(CN(Cc2ccc(OC)cc2OC)S(=O)(=O)c2ccccc2)c(OC)c1. The summed E-state index contributed by atoms with van der Waals surface area (Å²) < 4.78 is 50.1. The molecule has 32 heavy (non-hydrogen) atoms. The lowest BCUT2D eigenvalue weighted by molar-refractivity contribution is 0.358. The Labute approximate surface area is 189 Å². The maximum absolute atomic E-state index is 13.6. The molecule has 7 nitrogen and oxygen atoms in total. The van der Waals surface area contributed by atoms with Crippen LogP contribution in [0.5, 0.6) is 23.0 Å². The molecule has 3 rings (SSSR count). The van der Waals surface area contributed by atoms with Gasteiger partial charge in [0, 0.05) is 36.3 Å². The van der Waals surface area contributed by atoms with Gasteiger partial charge in [0.25, 0.3) is 0 Å². The fraction of sp³-hybridized carbons (Fsp3) is 0.250. The molecule has 0 aromatic heterocycles. The van der Waals surface area contributed by atoms with Crippen LogP contribution in [-0.4, -0.2) is 41.2 Å². The molecule has 0 aliphatic heterocycles. The monoisotopic (exact) mass is 457 g/mol. The van der Waals surface area contributed by atoms with Crippen LogP contribution in [0.25, 0.3) is 0 Å². The second-order valence-electron chi connectivity index (χ2n) is 6.94. The minimum absolute atomic E-state index is 0.0968. The Morgan fingerprint density at radius 1 is 0.656 bits per heavy atom. The number of hydrogen-bond donors (Lipinski definition) is 0. The molecule has 0 atom stereocenters. The van der Waals surface area contributed by atoms with E-state index in [2.05, 4.69) is 0 Å². The van der Waals surface area contributed by atoms with E-state index < -0.39 is 10.0 Å². The van der Waals surface area contributed by atoms with Crippen molar-refractivity contribution in [2.75, 3.05) is 28.4 Å². The zero-order chi connectivity index (χ0) is 23.1. The molecule has 0 heterocycles. The Balaban J connectivity index is 2.05. The summed E-state index contributed by atoms with van der Waals surface area (Å²) in [6, 6.07) is 19.0. The summed E-state index contributed by atoms with van der Waals surface area (Å²) in [5, 5.41) is 0. The van der Waals surface area contributed by atoms with Crippen molar-refractivity contribution < 1.29 is 27.4 Å². The van der Waals surface area contributed by atoms with Gasteiger partial charge in [0.15, 0.2) is 0 Å². The van der Waals surface area contributed by atoms with Gasteiger partial charge in [-0.2, -0.15) is 4.31 Å². The van der Waals surface area contributed by atoms with Gasteiger partial charge in [-0.3, -0.25) is 0 Å². The van der Waals surface area contributed by atoms with Crippen molar-refractivity contribution >= 4 is 10.0 Å². The van der Waals surface area contributed by atoms with Crippen LogP contribution in [0.3, 0.4) is 0 Å². The molecule has 0 bridgehead atoms. The lowest BCUT2D eigenvalue weighted by Crippen LogP contribution is -2.30. The van der Waals surface area contributed by atoms with Crippen molar-refractivity contribution in [2.24, 2.45) is 0 Å². The van der Waals surface area contributed by atoms with Crippen molar-refractivity contribution in [2.45, 2.75) is 18.0 Å². The predicted octanol–water partition coefficient (Wildman–Crippen LogP) is 4.11. The van der Waals surface area contributed by atoms with E-state index in [1.807, 2.05) is 0 Å². The summed E-state index contributed by atoms with van der Waals surface area (Å²) in [6.45, 7) is 0.194. The Morgan fingerprint density at radius 2 is 1.12 bits per heavy atom. The van der Waals surface area contributed by atoms with Crippen molar-refractivity contribution in [3.05, 3.63) is 77.9 Å². The minimum atomic E-state index is -3.82. The topological polar surface area (TPSA) is 74.3 Å². The number of methoxy groups -OCH3 is 4. The Hall–Kier alpha value is -3.23. The first-order valence-corrected chi connectivity index (χ1v) is 11.3. The Kier molecular flexibility index (Phi) is 7.61. The molecule has 3 aromatic carbocycles. The van der Waals surface area contributed by atoms with E-state index in [0.29, 0.717) is 34.1 Å². The highest BCUT2D eigenvalue weighted by molar-refractivity contribution is 7.89. The summed E-state index contributed by atoms with van der Waals surface area (Å²) in [4.78, 5) is 0.208. The van der Waals surface area contributed by atoms with Gasteiger partial charge in [0.1, 0.15) is 23.0 Å². The largest absolute Gasteiger partial charge is 0.497 e. The second-order valence-corrected chi connectivity index (χ2v) is 8.88. The van der Waals surface area contributed by atoms with Gasteiger partial charge >= 0.3 is 0 Å². The molecule has 0 saturated carbocycles. The van der Waals surface area contributed by atoms with Gasteiger partial charge in [0.2, 0.25) is 10.0 Å². The van der Waals surface area contributed by atoms with E-state index in [1.54, 1.807) is 95.2 Å². The van der Waals surface area contributed by atoms with E-state index >= 15 is 0 Å². The normalized spacial score (nSPS) is 11.3. The number of benzene rings is 3. The maximum Gasteiger partial charge on any atom is 0.243 e. The molecule has 0 N–H and O–H groups in total. The Bertz CT molecular complexity index is 1090. The summed E-state index contributed by atoms with van der Waals surface area (Å²) in [6.07, 6.45) is 0. The molecule has 170 valence electrons. The lowest BCUT2D eigenvalue weighted by atomic mass is 10.1. The smallest absolute Gasteiger partial charge is 0.243 e. The number of ether oxygens (including phenoxy) is 4. The van der Waals surface area contributed by atoms with Gasteiger partial charge in [-0.15, -0.1) is 0 Å². The fourth-order valence-electron chi connectivity index (χ4n) is 3.31. The molecular weight excluding hydrogens is 430 g/mol. The van der Waals surface area contributed by atoms with Crippen molar-refractivity contribution in [3.63, 3.8) is 0 Å². The molecule has 0 amide bonds. The van der Waals surface area contributed by atoms with Crippen LogP contribution < -0.4 is 18.9 Å². The van der Waals surface area contributed by atoms with E-state index in [0.717, 1.165) is 0 Å². The molecule has 0 spiro atoms. The van der Waals surface area contributed by atoms with Gasteiger partial charge < -0.3 is 18.9 Å². The minimum Gasteiger partial charge on any atom is -0.497 e. The lowest BCUT2D eigenvalue weighted by Gasteiger charge is -2.24. The first kappa shape index (κ1) is 23.4. The van der Waals surface area contributed by atoms with Crippen LogP contribution in [-0.2, 0) is 23.1 Å². The van der Waals surface area contributed by atoms with E-state index in [1.165, 1.54) is 4.31 Å². The maximum atomic E-state index is 13.6. The zero-order valence-corrected chi connectivity index (χ0v) is 19.4. The van der Waals surface area contributed by atoms with Crippen molar-refractivity contribution in [1.82, 2.24) is 4.31 Å². The quantitative estimate of drug-likeness (QED) is 0.456. The first-order valence-electron chi connectivity index (χ1n) is 9.90. The molecule has 0 saturated heterocycles. The highest BCUT2D eigenvalue weighted by Crippen LogP contribution is 2.31. The summed E-state index contributed by atoms with van der Waals surface area (Å²) in [7, 11) is 2.40. The van der Waals surface area contributed by atoms with Crippen LogP contribution in [0.1, 0.15) is 11.1 Å². The molecule has 8 heteroatoms. The number of nitrogens with zero attached hydrogens (tertiary/aromatic N) is 1. The fourth-order valence-corrected chi connectivity index (χ4v) is 4.73. The van der Waals surface area contributed by atoms with Crippen LogP contribution in [0.2, 0.25) is 0 Å². The second kappa shape index (κ2) is 10.4. The standard InChI is InChI=1S/C24H27NO6S/c1-28-20-12-10-18(23(14-20)30-3)16-25(32(26,27)22-8-6-5-7-9-22)17-19-11-13-21(29-2)15-24(19)31-4/h5-15H,16-17H2,1-4H3. The molecule has 0 radical (unpaired) electrons. The van der Waals surface area contributed by atoms with Gasteiger partial charge in [-0.05, 0) is 24.3 Å². The molecular formula is C24H27NO6S. The number of rotatable bonds is 10. The van der Waals surface area contributed by atoms with Crippen LogP contribution in [0.15, 0.2) is 71.6 Å². The zero-order valence-electron chi connectivity index (χ0n) is 18.6. The molecule has 0 fully saturated rings. The highest BCUT2D eigenvalue weighted by atomic mass is 32.2. The van der Waals surface area contributed by atoms with Gasteiger partial charge in [-0.25, -0.2) is 8.42 Å². The first-order chi connectivity index (χ1) is 15.4. The third-order valence-electron chi connectivity index (χ3n) is 5.06. The third-order valence-corrected chi connectivity index (χ3v) is 6.87. The van der Waals surface area contributed by atoms with Crippen LogP contribution in [0, 0.1) is 0 Å². The number of hydrogen-bond acceptors (Lipinski definition) is 6. The number of sulfonamides is 1. The van der Waals surface area contributed by atoms with Crippen LogP contribution in [0.4, 0.5) is 0 Å². The average molecular weight is 458 g/mol. The molecule has 0 aliphatic carbocycles. The van der Waals surface area contributed by atoms with Crippen molar-refractivity contribution in [1.29, 1.82) is 0 Å². The molecule has 3 aromatic rings. The Morgan fingerprint density at radius 3 is 1.53 bits per heavy atom. The van der Waals surface area contributed by atoms with Gasteiger partial charge in [0.05, 0.1) is 33.3 Å². The summed E-state index contributed by atoms with van der Waals surface area (Å²) >= 11 is 0. The predicted molar refractivity (Wildman–Crippen MR) is 122 cm³/mol. The van der Waals surface area contributed by atoms with E-state index in [9.17, 15) is 8.42 Å². The third kappa shape index (κ3) is 5.15. The average Bonchev–Trinajstić information content (AvgIpc) is 2.84. The van der Waals surface area contributed by atoms with Crippen molar-refractivity contribution in [3.8, 4) is 23.0 Å².